The molecule has 1 saturated heterocycles. The highest BCUT2D eigenvalue weighted by atomic mass is 79.9. The lowest BCUT2D eigenvalue weighted by Gasteiger charge is -2.26. The van der Waals surface area contributed by atoms with Crippen molar-refractivity contribution in [2.45, 2.75) is 45.7 Å². The fourth-order valence-corrected chi connectivity index (χ4v) is 2.82. The molecule has 1 aromatic rings. The van der Waals surface area contributed by atoms with Gasteiger partial charge in [0.1, 0.15) is 5.56 Å². The van der Waals surface area contributed by atoms with Crippen LogP contribution in [0.25, 0.3) is 0 Å². The summed E-state index contributed by atoms with van der Waals surface area (Å²) in [6.45, 7) is 5.85. The third-order valence-corrected chi connectivity index (χ3v) is 4.58. The first kappa shape index (κ1) is 13.3. The second-order valence-electron chi connectivity index (χ2n) is 4.96. The molecule has 1 aliphatic heterocycles. The zero-order valence-electron chi connectivity index (χ0n) is 10.8. The van der Waals surface area contributed by atoms with E-state index in [2.05, 4.69) is 20.9 Å². The van der Waals surface area contributed by atoms with Crippen LogP contribution in [-0.2, 0) is 0 Å². The number of aryl methyl sites for hydroxylation is 1. The number of aromatic amines is 1. The minimum Gasteiger partial charge on any atom is -0.363 e. The first-order valence-electron chi connectivity index (χ1n) is 6.14. The SMILES string of the molecule is Cc1[nH]cc(C(=O)N2[C@H](C)CC[C@@H]2C)c(=O)c1Br. The predicted molar refractivity (Wildman–Crippen MR) is 73.8 cm³/mol. The van der Waals surface area contributed by atoms with Gasteiger partial charge >= 0.3 is 0 Å². The summed E-state index contributed by atoms with van der Waals surface area (Å²) in [5, 5.41) is 0. The lowest BCUT2D eigenvalue weighted by molar-refractivity contribution is 0.0691. The van der Waals surface area contributed by atoms with Gasteiger partial charge in [-0.1, -0.05) is 0 Å². The molecule has 2 rings (SSSR count). The summed E-state index contributed by atoms with van der Waals surface area (Å²) in [6.07, 6.45) is 3.51. The van der Waals surface area contributed by atoms with Crippen molar-refractivity contribution < 1.29 is 4.79 Å². The molecule has 0 saturated carbocycles. The molecule has 1 amide bonds. The Hall–Kier alpha value is -1.10. The first-order chi connectivity index (χ1) is 8.43. The molecule has 1 aliphatic rings. The van der Waals surface area contributed by atoms with E-state index in [0.717, 1.165) is 18.5 Å². The summed E-state index contributed by atoms with van der Waals surface area (Å²) < 4.78 is 0.438. The van der Waals surface area contributed by atoms with Gasteiger partial charge in [0.15, 0.2) is 0 Å². The number of carbonyl (C=O) groups excluding carboxylic acids is 1. The van der Waals surface area contributed by atoms with Gasteiger partial charge in [0.2, 0.25) is 5.43 Å². The number of carbonyl (C=O) groups is 1. The molecule has 0 aliphatic carbocycles. The van der Waals surface area contributed by atoms with E-state index in [4.69, 9.17) is 0 Å². The molecule has 1 aromatic heterocycles. The average Bonchev–Trinajstić information content (AvgIpc) is 2.65. The van der Waals surface area contributed by atoms with Crippen molar-refractivity contribution >= 4 is 21.8 Å². The minimum atomic E-state index is -0.234. The normalized spacial score (nSPS) is 23.4. The van der Waals surface area contributed by atoms with Crippen molar-refractivity contribution in [1.82, 2.24) is 9.88 Å². The van der Waals surface area contributed by atoms with Gasteiger partial charge in [-0.05, 0) is 49.5 Å². The topological polar surface area (TPSA) is 53.2 Å². The summed E-state index contributed by atoms with van der Waals surface area (Å²) >= 11 is 3.22. The number of H-pyrrole nitrogens is 1. The summed E-state index contributed by atoms with van der Waals surface area (Å²) in [5.41, 5.74) is 0.717. The van der Waals surface area contributed by atoms with Crippen molar-refractivity contribution in [2.24, 2.45) is 0 Å². The largest absolute Gasteiger partial charge is 0.363 e. The summed E-state index contributed by atoms with van der Waals surface area (Å²) in [7, 11) is 0. The third-order valence-electron chi connectivity index (χ3n) is 3.62. The van der Waals surface area contributed by atoms with E-state index in [1.54, 1.807) is 6.92 Å². The zero-order valence-corrected chi connectivity index (χ0v) is 12.4. The number of pyridine rings is 1. The van der Waals surface area contributed by atoms with Gasteiger partial charge in [0.25, 0.3) is 5.91 Å². The third kappa shape index (κ3) is 2.11. The van der Waals surface area contributed by atoms with Crippen LogP contribution >= 0.6 is 15.9 Å². The van der Waals surface area contributed by atoms with Crippen LogP contribution in [0.4, 0.5) is 0 Å². The number of likely N-dealkylation sites (tertiary alicyclic amines) is 1. The molecule has 5 heteroatoms. The molecule has 0 radical (unpaired) electrons. The summed E-state index contributed by atoms with van der Waals surface area (Å²) in [5.74, 6) is -0.172. The number of nitrogens with one attached hydrogen (secondary N) is 1. The van der Waals surface area contributed by atoms with E-state index in [1.165, 1.54) is 6.20 Å². The summed E-state index contributed by atoms with van der Waals surface area (Å²) in [6, 6.07) is 0.402. The predicted octanol–water partition coefficient (Wildman–Crippen LogP) is 2.46. The van der Waals surface area contributed by atoms with Crippen LogP contribution in [-0.4, -0.2) is 27.9 Å². The van der Waals surface area contributed by atoms with Crippen LogP contribution in [0.5, 0.6) is 0 Å². The van der Waals surface area contributed by atoms with Gasteiger partial charge in [-0.15, -0.1) is 0 Å². The van der Waals surface area contributed by atoms with Gasteiger partial charge in [0.05, 0.1) is 4.47 Å². The van der Waals surface area contributed by atoms with E-state index < -0.39 is 0 Å². The first-order valence-corrected chi connectivity index (χ1v) is 6.93. The molecule has 0 aromatic carbocycles. The maximum absolute atomic E-state index is 12.4. The molecule has 0 bridgehead atoms. The lowest BCUT2D eigenvalue weighted by Crippen LogP contribution is -2.40. The molecule has 0 spiro atoms. The molecule has 2 heterocycles. The Morgan fingerprint density at radius 2 is 1.94 bits per heavy atom. The summed E-state index contributed by atoms with van der Waals surface area (Å²) in [4.78, 5) is 29.3. The highest BCUT2D eigenvalue weighted by molar-refractivity contribution is 9.10. The fourth-order valence-electron chi connectivity index (χ4n) is 2.49. The Balaban J connectivity index is 2.41. The molecule has 4 nitrogen and oxygen atoms in total. The van der Waals surface area contributed by atoms with E-state index in [-0.39, 0.29) is 29.0 Å². The Morgan fingerprint density at radius 1 is 1.39 bits per heavy atom. The smallest absolute Gasteiger partial charge is 0.259 e. The van der Waals surface area contributed by atoms with Gasteiger partial charge < -0.3 is 9.88 Å². The Bertz CT molecular complexity index is 528. The van der Waals surface area contributed by atoms with Crippen LogP contribution in [0.3, 0.4) is 0 Å². The van der Waals surface area contributed by atoms with E-state index in [1.807, 2.05) is 18.7 Å². The molecule has 1 N–H and O–H groups in total. The lowest BCUT2D eigenvalue weighted by atomic mass is 10.2. The molecule has 1 fully saturated rings. The van der Waals surface area contributed by atoms with Crippen LogP contribution in [0, 0.1) is 6.92 Å². The van der Waals surface area contributed by atoms with Gasteiger partial charge in [-0.3, -0.25) is 9.59 Å². The average molecular weight is 313 g/mol. The van der Waals surface area contributed by atoms with Gasteiger partial charge in [-0.2, -0.15) is 0 Å². The number of halogens is 1. The van der Waals surface area contributed by atoms with Crippen LogP contribution in [0.1, 0.15) is 42.7 Å². The number of nitrogens with zero attached hydrogens (tertiary/aromatic N) is 1. The number of aromatic nitrogens is 1. The maximum Gasteiger partial charge on any atom is 0.259 e. The van der Waals surface area contributed by atoms with E-state index in [0.29, 0.717) is 4.47 Å². The number of hydrogen-bond acceptors (Lipinski definition) is 2. The second kappa shape index (κ2) is 4.88. The minimum absolute atomic E-state index is 0.172. The highest BCUT2D eigenvalue weighted by Gasteiger charge is 2.33. The van der Waals surface area contributed by atoms with Crippen molar-refractivity contribution in [3.63, 3.8) is 0 Å². The fraction of sp³-hybridized carbons (Fsp3) is 0.538. The maximum atomic E-state index is 12.4. The van der Waals surface area contributed by atoms with Crippen molar-refractivity contribution in [2.75, 3.05) is 0 Å². The molecular weight excluding hydrogens is 296 g/mol. The molecule has 0 unspecified atom stereocenters. The van der Waals surface area contributed by atoms with Crippen LogP contribution in [0.2, 0.25) is 0 Å². The Labute approximate surface area is 115 Å². The highest BCUT2D eigenvalue weighted by Crippen LogP contribution is 2.25. The van der Waals surface area contributed by atoms with Gasteiger partial charge in [-0.25, -0.2) is 0 Å². The van der Waals surface area contributed by atoms with E-state index in [9.17, 15) is 9.59 Å². The van der Waals surface area contributed by atoms with E-state index >= 15 is 0 Å². The molecule has 2 atom stereocenters. The Morgan fingerprint density at radius 3 is 2.50 bits per heavy atom. The number of rotatable bonds is 1. The van der Waals surface area contributed by atoms with Crippen molar-refractivity contribution in [3.05, 3.63) is 32.2 Å². The molecule has 18 heavy (non-hydrogen) atoms. The van der Waals surface area contributed by atoms with Crippen molar-refractivity contribution in [3.8, 4) is 0 Å². The molecular formula is C13H17BrN2O2. The molecule has 98 valence electrons. The van der Waals surface area contributed by atoms with Crippen LogP contribution < -0.4 is 5.43 Å². The monoisotopic (exact) mass is 312 g/mol. The quantitative estimate of drug-likeness (QED) is 0.866. The second-order valence-corrected chi connectivity index (χ2v) is 5.75. The standard InChI is InChI=1S/C13H17BrN2O2/c1-7-4-5-8(2)16(7)13(18)10-6-15-9(3)11(14)12(10)17/h6-8H,4-5H2,1-3H3,(H,15,17)/t7-,8+. The number of hydrogen-bond donors (Lipinski definition) is 1. The number of amides is 1. The zero-order chi connectivity index (χ0) is 13.4. The van der Waals surface area contributed by atoms with Gasteiger partial charge in [0, 0.05) is 24.0 Å². The van der Waals surface area contributed by atoms with Crippen LogP contribution in [0.15, 0.2) is 15.5 Å². The van der Waals surface area contributed by atoms with Crippen molar-refractivity contribution in [1.29, 1.82) is 0 Å². The Kier molecular flexibility index (Phi) is 3.61.